The van der Waals surface area contributed by atoms with E-state index in [0.717, 1.165) is 45.7 Å². The summed E-state index contributed by atoms with van der Waals surface area (Å²) in [5.41, 5.74) is 1.95. The molecular formula is C22H28N4O3. The SMILES string of the molecule is O=C(NCCCc1ccccc1)c1ccnc(C(=O)NCCN2CCOCC2)c1. The van der Waals surface area contributed by atoms with Crippen LogP contribution in [0.4, 0.5) is 0 Å². The molecule has 2 aromatic rings. The van der Waals surface area contributed by atoms with E-state index in [2.05, 4.69) is 32.7 Å². The van der Waals surface area contributed by atoms with Crippen LogP contribution in [0.2, 0.25) is 0 Å². The minimum absolute atomic E-state index is 0.192. The fourth-order valence-corrected chi connectivity index (χ4v) is 3.18. The molecule has 1 aliphatic heterocycles. The van der Waals surface area contributed by atoms with Crippen molar-refractivity contribution in [3.63, 3.8) is 0 Å². The average Bonchev–Trinajstić information content (AvgIpc) is 2.78. The van der Waals surface area contributed by atoms with E-state index >= 15 is 0 Å². The van der Waals surface area contributed by atoms with Crippen LogP contribution < -0.4 is 10.6 Å². The molecule has 1 fully saturated rings. The van der Waals surface area contributed by atoms with E-state index in [0.29, 0.717) is 18.7 Å². The first-order chi connectivity index (χ1) is 14.2. The predicted molar refractivity (Wildman–Crippen MR) is 111 cm³/mol. The quantitative estimate of drug-likeness (QED) is 0.628. The van der Waals surface area contributed by atoms with Gasteiger partial charge in [-0.05, 0) is 30.5 Å². The van der Waals surface area contributed by atoms with Crippen molar-refractivity contribution in [1.82, 2.24) is 20.5 Å². The maximum Gasteiger partial charge on any atom is 0.269 e. The van der Waals surface area contributed by atoms with Crippen LogP contribution in [0.25, 0.3) is 0 Å². The number of morpholine rings is 1. The Labute approximate surface area is 171 Å². The molecule has 2 amide bonds. The van der Waals surface area contributed by atoms with Crippen molar-refractivity contribution < 1.29 is 14.3 Å². The Morgan fingerprint density at radius 2 is 1.76 bits per heavy atom. The van der Waals surface area contributed by atoms with Crippen LogP contribution in [-0.2, 0) is 11.2 Å². The molecule has 0 radical (unpaired) electrons. The number of nitrogens with zero attached hydrogens (tertiary/aromatic N) is 2. The molecule has 0 saturated carbocycles. The monoisotopic (exact) mass is 396 g/mol. The van der Waals surface area contributed by atoms with Crippen molar-refractivity contribution in [2.45, 2.75) is 12.8 Å². The smallest absolute Gasteiger partial charge is 0.269 e. The number of rotatable bonds is 9. The number of aromatic nitrogens is 1. The number of hydrogen-bond acceptors (Lipinski definition) is 5. The zero-order valence-corrected chi connectivity index (χ0v) is 16.6. The van der Waals surface area contributed by atoms with Gasteiger partial charge in [-0.15, -0.1) is 0 Å². The Morgan fingerprint density at radius 3 is 2.55 bits per heavy atom. The van der Waals surface area contributed by atoms with Crippen LogP contribution in [0.15, 0.2) is 48.7 Å². The highest BCUT2D eigenvalue weighted by atomic mass is 16.5. The molecule has 1 saturated heterocycles. The van der Waals surface area contributed by atoms with Crippen molar-refractivity contribution in [1.29, 1.82) is 0 Å². The summed E-state index contributed by atoms with van der Waals surface area (Å²) in [6.07, 6.45) is 3.26. The van der Waals surface area contributed by atoms with Gasteiger partial charge in [0.1, 0.15) is 5.69 Å². The summed E-state index contributed by atoms with van der Waals surface area (Å²) in [7, 11) is 0. The summed E-state index contributed by atoms with van der Waals surface area (Å²) in [5, 5.41) is 5.77. The molecule has 1 aliphatic rings. The third-order valence-corrected chi connectivity index (χ3v) is 4.84. The largest absolute Gasteiger partial charge is 0.379 e. The van der Waals surface area contributed by atoms with E-state index in [1.807, 2.05) is 18.2 Å². The summed E-state index contributed by atoms with van der Waals surface area (Å²) in [4.78, 5) is 31.0. The van der Waals surface area contributed by atoms with Crippen LogP contribution in [0.3, 0.4) is 0 Å². The lowest BCUT2D eigenvalue weighted by Crippen LogP contribution is -2.41. The highest BCUT2D eigenvalue weighted by molar-refractivity contribution is 5.98. The predicted octanol–water partition coefficient (Wildman–Crippen LogP) is 1.51. The maximum absolute atomic E-state index is 12.4. The number of carbonyl (C=O) groups is 2. The number of amides is 2. The molecule has 0 aliphatic carbocycles. The minimum atomic E-state index is -0.267. The summed E-state index contributed by atoms with van der Waals surface area (Å²) < 4.78 is 5.31. The fraction of sp³-hybridized carbons (Fsp3) is 0.409. The number of ether oxygens (including phenoxy) is 1. The Morgan fingerprint density at radius 1 is 1.00 bits per heavy atom. The van der Waals surface area contributed by atoms with Gasteiger partial charge in [-0.1, -0.05) is 30.3 Å². The van der Waals surface area contributed by atoms with Gasteiger partial charge in [-0.25, -0.2) is 0 Å². The fourth-order valence-electron chi connectivity index (χ4n) is 3.18. The standard InChI is InChI=1S/C22H28N4O3/c27-21(24-9-4-7-18-5-2-1-3-6-18)19-8-10-23-20(17-19)22(28)25-11-12-26-13-15-29-16-14-26/h1-3,5-6,8,10,17H,4,7,9,11-16H2,(H,24,27)(H,25,28). The normalized spacial score (nSPS) is 14.3. The second-order valence-electron chi connectivity index (χ2n) is 6.98. The van der Waals surface area contributed by atoms with Crippen molar-refractivity contribution >= 4 is 11.8 Å². The van der Waals surface area contributed by atoms with Gasteiger partial charge >= 0.3 is 0 Å². The number of nitrogens with one attached hydrogen (secondary N) is 2. The van der Waals surface area contributed by atoms with E-state index in [9.17, 15) is 9.59 Å². The van der Waals surface area contributed by atoms with Gasteiger partial charge in [0.25, 0.3) is 11.8 Å². The van der Waals surface area contributed by atoms with Gasteiger partial charge < -0.3 is 15.4 Å². The van der Waals surface area contributed by atoms with Crippen LogP contribution in [0.5, 0.6) is 0 Å². The van der Waals surface area contributed by atoms with Crippen molar-refractivity contribution in [2.75, 3.05) is 45.9 Å². The molecule has 2 heterocycles. The van der Waals surface area contributed by atoms with Crippen molar-refractivity contribution in [3.8, 4) is 0 Å². The Hall–Kier alpha value is -2.77. The number of aryl methyl sites for hydroxylation is 1. The Balaban J connectivity index is 1.41. The topological polar surface area (TPSA) is 83.6 Å². The third-order valence-electron chi connectivity index (χ3n) is 4.84. The molecule has 0 spiro atoms. The molecule has 3 rings (SSSR count). The maximum atomic E-state index is 12.4. The van der Waals surface area contributed by atoms with Crippen LogP contribution >= 0.6 is 0 Å². The highest BCUT2D eigenvalue weighted by Gasteiger charge is 2.13. The van der Waals surface area contributed by atoms with Gasteiger partial charge in [0, 0.05) is 44.5 Å². The first-order valence-electron chi connectivity index (χ1n) is 10.1. The van der Waals surface area contributed by atoms with Crippen molar-refractivity contribution in [2.24, 2.45) is 0 Å². The molecule has 0 atom stereocenters. The summed E-state index contributed by atoms with van der Waals surface area (Å²) in [5.74, 6) is -0.459. The van der Waals surface area contributed by atoms with E-state index in [1.165, 1.54) is 17.8 Å². The number of benzene rings is 1. The van der Waals surface area contributed by atoms with E-state index < -0.39 is 0 Å². The Kier molecular flexibility index (Phi) is 8.15. The Bertz CT molecular complexity index is 792. The van der Waals surface area contributed by atoms with Gasteiger partial charge in [0.05, 0.1) is 13.2 Å². The molecular weight excluding hydrogens is 368 g/mol. The zero-order valence-electron chi connectivity index (χ0n) is 16.6. The van der Waals surface area contributed by atoms with Gasteiger partial charge in [-0.2, -0.15) is 0 Å². The van der Waals surface area contributed by atoms with Crippen LogP contribution in [0.1, 0.15) is 32.8 Å². The lowest BCUT2D eigenvalue weighted by molar-refractivity contribution is 0.0383. The first kappa shape index (κ1) is 21.0. The highest BCUT2D eigenvalue weighted by Crippen LogP contribution is 2.04. The summed E-state index contributed by atoms with van der Waals surface area (Å²) >= 11 is 0. The summed E-state index contributed by atoms with van der Waals surface area (Å²) in [6.45, 7) is 5.13. The van der Waals surface area contributed by atoms with Gasteiger partial charge in [-0.3, -0.25) is 19.5 Å². The molecule has 29 heavy (non-hydrogen) atoms. The number of carbonyl (C=O) groups excluding carboxylic acids is 2. The molecule has 0 bridgehead atoms. The average molecular weight is 396 g/mol. The lowest BCUT2D eigenvalue weighted by Gasteiger charge is -2.26. The molecule has 1 aromatic carbocycles. The van der Waals surface area contributed by atoms with Gasteiger partial charge in [0.15, 0.2) is 0 Å². The molecule has 2 N–H and O–H groups in total. The molecule has 0 unspecified atom stereocenters. The first-order valence-corrected chi connectivity index (χ1v) is 10.1. The minimum Gasteiger partial charge on any atom is -0.379 e. The second kappa shape index (κ2) is 11.3. The molecule has 7 heteroatoms. The summed E-state index contributed by atoms with van der Waals surface area (Å²) in [6, 6.07) is 13.3. The molecule has 1 aromatic heterocycles. The lowest BCUT2D eigenvalue weighted by atomic mass is 10.1. The van der Waals surface area contributed by atoms with Crippen LogP contribution in [0, 0.1) is 0 Å². The zero-order chi connectivity index (χ0) is 20.3. The van der Waals surface area contributed by atoms with Crippen LogP contribution in [-0.4, -0.2) is 67.6 Å². The van der Waals surface area contributed by atoms with E-state index in [-0.39, 0.29) is 17.5 Å². The third kappa shape index (κ3) is 6.96. The molecule has 154 valence electrons. The van der Waals surface area contributed by atoms with Gasteiger partial charge in [0.2, 0.25) is 0 Å². The van der Waals surface area contributed by atoms with E-state index in [4.69, 9.17) is 4.74 Å². The van der Waals surface area contributed by atoms with Crippen molar-refractivity contribution in [3.05, 3.63) is 65.5 Å². The number of pyridine rings is 1. The number of hydrogen-bond donors (Lipinski definition) is 2. The second-order valence-corrected chi connectivity index (χ2v) is 6.98. The van der Waals surface area contributed by atoms with E-state index in [1.54, 1.807) is 6.07 Å². The molecule has 7 nitrogen and oxygen atoms in total.